The summed E-state index contributed by atoms with van der Waals surface area (Å²) in [7, 11) is 0. The van der Waals surface area contributed by atoms with Gasteiger partial charge in [0.1, 0.15) is 0 Å². The zero-order valence-corrected chi connectivity index (χ0v) is 10.3. The SMILES string of the molecule is O=C(O)CC(O)C(=O)O.[K+].[O-]S. The van der Waals surface area contributed by atoms with Crippen LogP contribution in [0.2, 0.25) is 0 Å². The Hall–Kier alpha value is 0.846. The zero-order chi connectivity index (χ0) is 9.44. The van der Waals surface area contributed by atoms with Crippen LogP contribution in [-0.4, -0.2) is 37.9 Å². The summed E-state index contributed by atoms with van der Waals surface area (Å²) in [5, 5.41) is 24.1. The molecule has 12 heavy (non-hydrogen) atoms. The van der Waals surface area contributed by atoms with Gasteiger partial charge in [-0.15, -0.1) is 0 Å². The first kappa shape index (κ1) is 18.6. The van der Waals surface area contributed by atoms with E-state index in [9.17, 15) is 9.59 Å². The molecule has 66 valence electrons. The Bertz CT molecular complexity index is 140. The van der Waals surface area contributed by atoms with Crippen LogP contribution < -0.4 is 51.4 Å². The number of carbonyl (C=O) groups is 2. The molecule has 0 rings (SSSR count). The van der Waals surface area contributed by atoms with Gasteiger partial charge in [0.2, 0.25) is 0 Å². The number of aliphatic hydroxyl groups is 1. The molecule has 0 amide bonds. The van der Waals surface area contributed by atoms with Gasteiger partial charge in [0.05, 0.1) is 6.42 Å². The molecule has 0 aliphatic rings. The van der Waals surface area contributed by atoms with E-state index in [-0.39, 0.29) is 51.4 Å². The quantitative estimate of drug-likeness (QED) is 0.219. The van der Waals surface area contributed by atoms with Crippen LogP contribution in [0, 0.1) is 0 Å². The van der Waals surface area contributed by atoms with Crippen molar-refractivity contribution in [1.29, 1.82) is 0 Å². The van der Waals surface area contributed by atoms with Crippen LogP contribution >= 0.6 is 12.9 Å². The molecule has 3 N–H and O–H groups in total. The topological polar surface area (TPSA) is 118 Å². The smallest absolute Gasteiger partial charge is 0.802 e. The van der Waals surface area contributed by atoms with Crippen molar-refractivity contribution >= 4 is 24.8 Å². The van der Waals surface area contributed by atoms with Crippen molar-refractivity contribution in [1.82, 2.24) is 0 Å². The predicted molar refractivity (Wildman–Crippen MR) is 35.7 cm³/mol. The number of carboxylic acids is 2. The molecule has 0 aromatic heterocycles. The van der Waals surface area contributed by atoms with E-state index in [1.165, 1.54) is 0 Å². The van der Waals surface area contributed by atoms with Crippen molar-refractivity contribution in [2.24, 2.45) is 0 Å². The Morgan fingerprint density at radius 2 is 1.67 bits per heavy atom. The maximum Gasteiger partial charge on any atom is 1.00 e. The van der Waals surface area contributed by atoms with Gasteiger partial charge in [0, 0.05) is 0 Å². The molecule has 0 aliphatic carbocycles. The van der Waals surface area contributed by atoms with Crippen LogP contribution in [-0.2, 0) is 9.59 Å². The van der Waals surface area contributed by atoms with Crippen molar-refractivity contribution in [3.63, 3.8) is 0 Å². The summed E-state index contributed by atoms with van der Waals surface area (Å²) in [4.78, 5) is 19.4. The molecule has 0 fully saturated rings. The third-order valence-corrected chi connectivity index (χ3v) is 0.653. The number of aliphatic hydroxyl groups excluding tert-OH is 1. The summed E-state index contributed by atoms with van der Waals surface area (Å²) >= 11 is 2.28. The van der Waals surface area contributed by atoms with Crippen LogP contribution in [0.4, 0.5) is 0 Å². The molecule has 0 aromatic carbocycles. The van der Waals surface area contributed by atoms with Gasteiger partial charge in [-0.3, -0.25) is 17.7 Å². The van der Waals surface area contributed by atoms with Crippen LogP contribution in [0.3, 0.4) is 0 Å². The summed E-state index contributed by atoms with van der Waals surface area (Å²) in [5.74, 6) is -2.85. The molecule has 0 radical (unpaired) electrons. The van der Waals surface area contributed by atoms with Crippen molar-refractivity contribution in [3.05, 3.63) is 0 Å². The van der Waals surface area contributed by atoms with Crippen LogP contribution in [0.1, 0.15) is 6.42 Å². The second-order valence-electron chi connectivity index (χ2n) is 1.45. The van der Waals surface area contributed by atoms with Crippen molar-refractivity contribution in [2.75, 3.05) is 0 Å². The molecule has 0 saturated carbocycles. The fourth-order valence-electron chi connectivity index (χ4n) is 0.253. The summed E-state index contributed by atoms with van der Waals surface area (Å²) < 4.78 is 7.94. The van der Waals surface area contributed by atoms with Crippen molar-refractivity contribution in [2.45, 2.75) is 12.5 Å². The van der Waals surface area contributed by atoms with Crippen LogP contribution in [0.25, 0.3) is 0 Å². The first-order valence-corrected chi connectivity index (χ1v) is 2.71. The van der Waals surface area contributed by atoms with E-state index in [1.54, 1.807) is 0 Å². The second kappa shape index (κ2) is 11.8. The monoisotopic (exact) mass is 222 g/mol. The number of thiol groups is 1. The predicted octanol–water partition coefficient (Wildman–Crippen LogP) is -4.04. The molecule has 0 aromatic rings. The van der Waals surface area contributed by atoms with Gasteiger partial charge >= 0.3 is 63.3 Å². The van der Waals surface area contributed by atoms with Crippen molar-refractivity contribution in [3.8, 4) is 0 Å². The Labute approximate surface area is 117 Å². The molecule has 0 spiro atoms. The van der Waals surface area contributed by atoms with E-state index < -0.39 is 24.5 Å². The summed E-state index contributed by atoms with van der Waals surface area (Å²) in [6.45, 7) is 0. The van der Waals surface area contributed by atoms with Gasteiger partial charge < -0.3 is 19.9 Å². The number of hydrogen-bond donors (Lipinski definition) is 4. The van der Waals surface area contributed by atoms with E-state index in [1.807, 2.05) is 0 Å². The van der Waals surface area contributed by atoms with Gasteiger partial charge in [-0.25, -0.2) is 4.79 Å². The standard InChI is InChI=1S/C4H6O5.K.H2OS/c5-2(4(8)9)1-3(6)7;;1-2/h2,5H,1H2,(H,6,7)(H,8,9);;1-2H/q;+1;/p-1. The largest absolute Gasteiger partial charge is 1.00 e. The van der Waals surface area contributed by atoms with E-state index in [0.717, 1.165) is 0 Å². The fraction of sp³-hybridized carbons (Fsp3) is 0.500. The van der Waals surface area contributed by atoms with Gasteiger partial charge in [0.15, 0.2) is 6.10 Å². The minimum Gasteiger partial charge on any atom is -0.802 e. The molecular weight excluding hydrogens is 215 g/mol. The van der Waals surface area contributed by atoms with Gasteiger partial charge in [0.25, 0.3) is 0 Å². The maximum atomic E-state index is 9.72. The Morgan fingerprint density at radius 3 is 1.75 bits per heavy atom. The average Bonchev–Trinajstić information content (AvgIpc) is 1.90. The first-order chi connectivity index (χ1) is 5.04. The minimum absolute atomic E-state index is 0. The average molecular weight is 222 g/mol. The molecule has 0 saturated heterocycles. The zero-order valence-electron chi connectivity index (χ0n) is 6.30. The van der Waals surface area contributed by atoms with Crippen LogP contribution in [0.15, 0.2) is 0 Å². The molecule has 6 nitrogen and oxygen atoms in total. The third kappa shape index (κ3) is 13.4. The normalized spacial score (nSPS) is 9.92. The molecule has 0 bridgehead atoms. The van der Waals surface area contributed by atoms with E-state index in [0.29, 0.717) is 0 Å². The molecule has 1 atom stereocenters. The molecule has 0 aliphatic heterocycles. The second-order valence-corrected chi connectivity index (χ2v) is 1.45. The van der Waals surface area contributed by atoms with Gasteiger partial charge in [-0.2, -0.15) is 0 Å². The van der Waals surface area contributed by atoms with E-state index >= 15 is 0 Å². The van der Waals surface area contributed by atoms with E-state index in [4.69, 9.17) is 19.9 Å². The molecule has 8 heteroatoms. The number of rotatable bonds is 3. The van der Waals surface area contributed by atoms with Crippen molar-refractivity contribution < 1.29 is 80.8 Å². The Balaban J connectivity index is -0.000000249. The van der Waals surface area contributed by atoms with Gasteiger partial charge in [-0.1, -0.05) is 0 Å². The molecule has 0 heterocycles. The first-order valence-electron chi connectivity index (χ1n) is 2.35. The van der Waals surface area contributed by atoms with E-state index in [2.05, 4.69) is 12.9 Å². The van der Waals surface area contributed by atoms with Crippen LogP contribution in [0.5, 0.6) is 0 Å². The number of hydrogen-bond acceptors (Lipinski definition) is 5. The summed E-state index contributed by atoms with van der Waals surface area (Å²) in [6, 6.07) is 0. The number of aliphatic carboxylic acids is 2. The fourth-order valence-corrected chi connectivity index (χ4v) is 0.253. The Morgan fingerprint density at radius 1 is 1.33 bits per heavy atom. The number of carboxylic acid groups (broad SMARTS) is 2. The summed E-state index contributed by atoms with van der Waals surface area (Å²) in [5.41, 5.74) is 0. The Kier molecular flexibility index (Phi) is 18.4. The maximum absolute atomic E-state index is 9.72. The third-order valence-electron chi connectivity index (χ3n) is 0.653. The van der Waals surface area contributed by atoms with Gasteiger partial charge in [-0.05, 0) is 0 Å². The summed E-state index contributed by atoms with van der Waals surface area (Å²) in [6.07, 6.45) is -2.54. The molecular formula is C4H7KO6S. The minimum atomic E-state index is -1.79. The molecule has 1 unspecified atom stereocenters.